The quantitative estimate of drug-likeness (QED) is 0.416. The smallest absolute Gasteiger partial charge is 0.267 e. The maximum Gasteiger partial charge on any atom is 0.267 e. The second-order valence-electron chi connectivity index (χ2n) is 4.85. The van der Waals surface area contributed by atoms with Crippen molar-refractivity contribution in [2.75, 3.05) is 26.1 Å². The molecule has 1 rings (SSSR count). The molecule has 6 heteroatoms. The second-order valence-corrected chi connectivity index (χ2v) is 4.85. The van der Waals surface area contributed by atoms with E-state index >= 15 is 0 Å². The highest BCUT2D eigenvalue weighted by Gasteiger charge is 2.11. The number of hydrogen-bond donors (Lipinski definition) is 2. The van der Waals surface area contributed by atoms with Gasteiger partial charge in [-0.1, -0.05) is 19.8 Å². The van der Waals surface area contributed by atoms with Crippen LogP contribution in [0.3, 0.4) is 0 Å². The number of nitriles is 1. The monoisotopic (exact) mass is 317 g/mol. The molecule has 1 aromatic rings. The van der Waals surface area contributed by atoms with Crippen molar-refractivity contribution in [2.45, 2.75) is 26.2 Å². The molecule has 1 aromatic carbocycles. The summed E-state index contributed by atoms with van der Waals surface area (Å²) in [5, 5.41) is 14.8. The fraction of sp³-hybridized carbons (Fsp3) is 0.412. The number of hydrogen-bond acceptors (Lipinski definition) is 5. The van der Waals surface area contributed by atoms with Crippen molar-refractivity contribution < 1.29 is 14.3 Å². The molecule has 0 bridgehead atoms. The Morgan fingerprint density at radius 1 is 1.26 bits per heavy atom. The molecule has 0 heterocycles. The molecular weight excluding hydrogens is 294 g/mol. The van der Waals surface area contributed by atoms with Crippen LogP contribution in [-0.2, 0) is 4.79 Å². The Morgan fingerprint density at radius 3 is 2.61 bits per heavy atom. The minimum Gasteiger partial charge on any atom is -0.493 e. The summed E-state index contributed by atoms with van der Waals surface area (Å²) in [6.45, 7) is 2.86. The van der Waals surface area contributed by atoms with Gasteiger partial charge in [0.25, 0.3) is 5.91 Å². The Labute approximate surface area is 137 Å². The second kappa shape index (κ2) is 10.1. The lowest BCUT2D eigenvalue weighted by atomic mass is 10.2. The Hall–Kier alpha value is -2.68. The maximum absolute atomic E-state index is 12.1. The molecule has 0 spiro atoms. The molecule has 124 valence electrons. The van der Waals surface area contributed by atoms with E-state index in [9.17, 15) is 4.79 Å². The number of nitrogens with one attached hydrogen (secondary N) is 2. The molecule has 0 aliphatic rings. The number of unbranched alkanes of at least 4 members (excludes halogenated alkanes) is 2. The molecule has 0 saturated carbocycles. The van der Waals surface area contributed by atoms with Crippen molar-refractivity contribution in [2.24, 2.45) is 0 Å². The van der Waals surface area contributed by atoms with Crippen molar-refractivity contribution in [3.63, 3.8) is 0 Å². The van der Waals surface area contributed by atoms with Crippen molar-refractivity contribution in [3.8, 4) is 17.6 Å². The van der Waals surface area contributed by atoms with Gasteiger partial charge in [0.05, 0.1) is 14.2 Å². The molecule has 0 saturated heterocycles. The lowest BCUT2D eigenvalue weighted by molar-refractivity contribution is -0.112. The SMILES string of the molecule is CCCCCN/C=C(/C#N)C(=O)Nc1ccc(OC)c(OC)c1. The summed E-state index contributed by atoms with van der Waals surface area (Å²) in [4.78, 5) is 12.1. The van der Waals surface area contributed by atoms with Crippen LogP contribution in [0.4, 0.5) is 5.69 Å². The zero-order chi connectivity index (χ0) is 17.1. The highest BCUT2D eigenvalue weighted by molar-refractivity contribution is 6.06. The van der Waals surface area contributed by atoms with Gasteiger partial charge in [-0.3, -0.25) is 4.79 Å². The Balaban J connectivity index is 2.69. The van der Waals surface area contributed by atoms with Crippen molar-refractivity contribution in [3.05, 3.63) is 30.0 Å². The lowest BCUT2D eigenvalue weighted by Gasteiger charge is -2.10. The zero-order valence-electron chi connectivity index (χ0n) is 13.8. The topological polar surface area (TPSA) is 83.4 Å². The molecule has 0 aliphatic heterocycles. The van der Waals surface area contributed by atoms with Crippen LogP contribution in [0.25, 0.3) is 0 Å². The normalized spacial score (nSPS) is 10.6. The average molecular weight is 317 g/mol. The summed E-state index contributed by atoms with van der Waals surface area (Å²) in [6, 6.07) is 6.91. The number of ether oxygens (including phenoxy) is 2. The van der Waals surface area contributed by atoms with E-state index in [1.54, 1.807) is 18.2 Å². The number of benzene rings is 1. The van der Waals surface area contributed by atoms with E-state index in [0.29, 0.717) is 17.2 Å². The van der Waals surface area contributed by atoms with E-state index in [2.05, 4.69) is 17.6 Å². The first-order chi connectivity index (χ1) is 11.2. The Kier molecular flexibility index (Phi) is 8.08. The van der Waals surface area contributed by atoms with Gasteiger partial charge in [0, 0.05) is 24.5 Å². The van der Waals surface area contributed by atoms with Crippen LogP contribution >= 0.6 is 0 Å². The van der Waals surface area contributed by atoms with E-state index in [4.69, 9.17) is 14.7 Å². The van der Waals surface area contributed by atoms with Crippen LogP contribution in [0.15, 0.2) is 30.0 Å². The fourth-order valence-corrected chi connectivity index (χ4v) is 1.91. The van der Waals surface area contributed by atoms with Crippen molar-refractivity contribution in [1.29, 1.82) is 5.26 Å². The van der Waals surface area contributed by atoms with Gasteiger partial charge >= 0.3 is 0 Å². The fourth-order valence-electron chi connectivity index (χ4n) is 1.91. The van der Waals surface area contributed by atoms with E-state index < -0.39 is 5.91 Å². The highest BCUT2D eigenvalue weighted by Crippen LogP contribution is 2.29. The van der Waals surface area contributed by atoms with E-state index in [0.717, 1.165) is 25.8 Å². The highest BCUT2D eigenvalue weighted by atomic mass is 16.5. The van der Waals surface area contributed by atoms with Crippen LogP contribution < -0.4 is 20.1 Å². The molecular formula is C17H23N3O3. The van der Waals surface area contributed by atoms with Crippen LogP contribution in [0.5, 0.6) is 11.5 Å². The molecule has 23 heavy (non-hydrogen) atoms. The summed E-state index contributed by atoms with van der Waals surface area (Å²) < 4.78 is 10.3. The first-order valence-electron chi connectivity index (χ1n) is 7.53. The first-order valence-corrected chi connectivity index (χ1v) is 7.53. The minimum absolute atomic E-state index is 0.0243. The zero-order valence-corrected chi connectivity index (χ0v) is 13.8. The number of anilines is 1. The third kappa shape index (κ3) is 5.91. The van der Waals surface area contributed by atoms with Gasteiger partial charge in [-0.15, -0.1) is 0 Å². The largest absolute Gasteiger partial charge is 0.493 e. The summed E-state index contributed by atoms with van der Waals surface area (Å²) >= 11 is 0. The van der Waals surface area contributed by atoms with Crippen molar-refractivity contribution >= 4 is 11.6 Å². The molecule has 0 radical (unpaired) electrons. The molecule has 0 unspecified atom stereocenters. The average Bonchev–Trinajstić information content (AvgIpc) is 2.57. The number of methoxy groups -OCH3 is 2. The summed E-state index contributed by atoms with van der Waals surface area (Å²) in [5.74, 6) is 0.604. The maximum atomic E-state index is 12.1. The van der Waals surface area contributed by atoms with Crippen LogP contribution in [0.2, 0.25) is 0 Å². The van der Waals surface area contributed by atoms with Gasteiger partial charge in [0.1, 0.15) is 11.6 Å². The standard InChI is InChI=1S/C17H23N3O3/c1-4-5-6-9-19-12-13(11-18)17(21)20-14-7-8-15(22-2)16(10-14)23-3/h7-8,10,12,19H,4-6,9H2,1-3H3,(H,20,21)/b13-12-. The van der Waals surface area contributed by atoms with Crippen LogP contribution in [0, 0.1) is 11.3 Å². The number of amides is 1. The van der Waals surface area contributed by atoms with E-state index in [-0.39, 0.29) is 5.57 Å². The number of carbonyl (C=O) groups is 1. The predicted octanol–water partition coefficient (Wildman–Crippen LogP) is 2.83. The molecule has 0 atom stereocenters. The molecule has 0 aromatic heterocycles. The predicted molar refractivity (Wildman–Crippen MR) is 89.4 cm³/mol. The molecule has 1 amide bonds. The van der Waals surface area contributed by atoms with Crippen LogP contribution in [0.1, 0.15) is 26.2 Å². The minimum atomic E-state index is -0.470. The van der Waals surface area contributed by atoms with E-state index in [1.165, 1.54) is 20.4 Å². The third-order valence-corrected chi connectivity index (χ3v) is 3.18. The van der Waals surface area contributed by atoms with Gasteiger partial charge in [0.2, 0.25) is 0 Å². The first kappa shape index (κ1) is 18.4. The molecule has 0 aliphatic carbocycles. The lowest BCUT2D eigenvalue weighted by Crippen LogP contribution is -2.17. The van der Waals surface area contributed by atoms with Gasteiger partial charge in [0.15, 0.2) is 11.5 Å². The molecule has 2 N–H and O–H groups in total. The summed E-state index contributed by atoms with van der Waals surface area (Å²) in [7, 11) is 3.06. The van der Waals surface area contributed by atoms with E-state index in [1.807, 2.05) is 6.07 Å². The molecule has 6 nitrogen and oxygen atoms in total. The Morgan fingerprint density at radius 2 is 2.00 bits per heavy atom. The van der Waals surface area contributed by atoms with Gasteiger partial charge in [-0.2, -0.15) is 5.26 Å². The summed E-state index contributed by atoms with van der Waals surface area (Å²) in [6.07, 6.45) is 4.69. The van der Waals surface area contributed by atoms with Gasteiger partial charge in [-0.05, 0) is 18.6 Å². The number of nitrogens with zero attached hydrogens (tertiary/aromatic N) is 1. The molecule has 0 fully saturated rings. The van der Waals surface area contributed by atoms with Crippen molar-refractivity contribution in [1.82, 2.24) is 5.32 Å². The Bertz CT molecular complexity index is 591. The van der Waals surface area contributed by atoms with Gasteiger partial charge < -0.3 is 20.1 Å². The third-order valence-electron chi connectivity index (χ3n) is 3.18. The van der Waals surface area contributed by atoms with Crippen LogP contribution in [-0.4, -0.2) is 26.7 Å². The number of carbonyl (C=O) groups excluding carboxylic acids is 1. The summed E-state index contributed by atoms with van der Waals surface area (Å²) in [5.41, 5.74) is 0.552. The van der Waals surface area contributed by atoms with Gasteiger partial charge in [-0.25, -0.2) is 0 Å². The number of rotatable bonds is 9.